The predicted molar refractivity (Wildman–Crippen MR) is 279 cm³/mol. The predicted octanol–water partition coefficient (Wildman–Crippen LogP) is 18.2. The Hall–Kier alpha value is -8.72. The van der Waals surface area contributed by atoms with Gasteiger partial charge in [0.15, 0.2) is 0 Å². The first-order valence-corrected chi connectivity index (χ1v) is 22.6. The Morgan fingerprint density at radius 1 is 0.242 bits per heavy atom. The molecule has 1 aromatic heterocycles. The fourth-order valence-electron chi connectivity index (χ4n) is 9.60. The molecule has 1 heterocycles. The fraction of sp³-hybridized carbons (Fsp3) is 0. The van der Waals surface area contributed by atoms with Gasteiger partial charge in [0, 0.05) is 27.7 Å². The number of furan rings is 1. The largest absolute Gasteiger partial charge is 0.456 e. The van der Waals surface area contributed by atoms with E-state index in [0.717, 1.165) is 61.3 Å². The molecule has 0 atom stereocenters. The van der Waals surface area contributed by atoms with E-state index in [9.17, 15) is 0 Å². The number of hydrogen-bond donors (Lipinski definition) is 0. The van der Waals surface area contributed by atoms with Crippen molar-refractivity contribution in [1.82, 2.24) is 0 Å². The van der Waals surface area contributed by atoms with Crippen molar-refractivity contribution in [3.05, 3.63) is 261 Å². The van der Waals surface area contributed by atoms with E-state index >= 15 is 0 Å². The molecule has 12 rings (SSSR count). The van der Waals surface area contributed by atoms with Gasteiger partial charge in [-0.15, -0.1) is 0 Å². The van der Waals surface area contributed by atoms with E-state index in [0.29, 0.717) is 0 Å². The van der Waals surface area contributed by atoms with Gasteiger partial charge in [-0.3, -0.25) is 0 Å². The van der Waals surface area contributed by atoms with Crippen molar-refractivity contribution in [1.29, 1.82) is 0 Å². The van der Waals surface area contributed by atoms with Gasteiger partial charge in [-0.1, -0.05) is 200 Å². The van der Waals surface area contributed by atoms with Crippen LogP contribution in [0.25, 0.3) is 99.5 Å². The molecule has 0 saturated heterocycles. The summed E-state index contributed by atoms with van der Waals surface area (Å²) < 4.78 is 6.31. The molecule has 66 heavy (non-hydrogen) atoms. The summed E-state index contributed by atoms with van der Waals surface area (Å²) in [5.74, 6) is 0. The van der Waals surface area contributed by atoms with E-state index in [2.05, 4.69) is 254 Å². The van der Waals surface area contributed by atoms with Crippen LogP contribution in [0.4, 0.5) is 17.1 Å². The molecular weight excluding hydrogens is 799 g/mol. The van der Waals surface area contributed by atoms with Crippen LogP contribution in [0.2, 0.25) is 0 Å². The van der Waals surface area contributed by atoms with Crippen LogP contribution in [0.15, 0.2) is 265 Å². The molecule has 0 saturated carbocycles. The van der Waals surface area contributed by atoms with Gasteiger partial charge in [0.2, 0.25) is 0 Å². The van der Waals surface area contributed by atoms with E-state index < -0.39 is 0 Å². The van der Waals surface area contributed by atoms with E-state index in [1.165, 1.54) is 55.3 Å². The minimum absolute atomic E-state index is 0.891. The highest BCUT2D eigenvalue weighted by Gasteiger charge is 2.22. The molecule has 2 heteroatoms. The number of nitrogens with zero attached hydrogens (tertiary/aromatic N) is 1. The maximum atomic E-state index is 6.31. The normalized spacial score (nSPS) is 11.3. The van der Waals surface area contributed by atoms with Gasteiger partial charge < -0.3 is 9.32 Å². The van der Waals surface area contributed by atoms with Crippen molar-refractivity contribution in [3.8, 4) is 66.8 Å². The number of hydrogen-bond acceptors (Lipinski definition) is 2. The minimum Gasteiger partial charge on any atom is -0.456 e. The van der Waals surface area contributed by atoms with Gasteiger partial charge in [-0.2, -0.15) is 0 Å². The lowest BCUT2D eigenvalue weighted by Gasteiger charge is -2.29. The maximum absolute atomic E-state index is 6.31. The zero-order valence-electron chi connectivity index (χ0n) is 36.2. The number of benzene rings is 11. The summed E-state index contributed by atoms with van der Waals surface area (Å²) in [6, 6.07) is 94.1. The first-order valence-electron chi connectivity index (χ1n) is 22.6. The molecule has 0 amide bonds. The van der Waals surface area contributed by atoms with Crippen LogP contribution in [0.3, 0.4) is 0 Å². The highest BCUT2D eigenvalue weighted by molar-refractivity contribution is 6.06. The van der Waals surface area contributed by atoms with E-state index in [4.69, 9.17) is 4.42 Å². The summed E-state index contributed by atoms with van der Waals surface area (Å²) in [5.41, 5.74) is 19.0. The maximum Gasteiger partial charge on any atom is 0.136 e. The van der Waals surface area contributed by atoms with Crippen molar-refractivity contribution >= 4 is 49.8 Å². The average molecular weight is 842 g/mol. The molecule has 0 aliphatic carbocycles. The summed E-state index contributed by atoms with van der Waals surface area (Å²) in [5, 5.41) is 4.74. The molecule has 0 radical (unpaired) electrons. The molecule has 0 aliphatic rings. The lowest BCUT2D eigenvalue weighted by atomic mass is 9.86. The van der Waals surface area contributed by atoms with Gasteiger partial charge >= 0.3 is 0 Å². The van der Waals surface area contributed by atoms with Crippen molar-refractivity contribution in [3.63, 3.8) is 0 Å². The third-order valence-corrected chi connectivity index (χ3v) is 12.9. The van der Waals surface area contributed by atoms with Crippen LogP contribution in [0.1, 0.15) is 0 Å². The highest BCUT2D eigenvalue weighted by Crippen LogP contribution is 2.47. The SMILES string of the molecule is c1ccc(-c2ccc(-c3ccccc3-c3ccccc3)c(-c3ccccc3N(c3ccc(-c4ccc5ccccc5c4)cc3)c3ccc(-c4ccc5c(c4)oc4ccccc45)cc3)c2)cc1. The smallest absolute Gasteiger partial charge is 0.136 e. The molecule has 0 spiro atoms. The average Bonchev–Trinajstić information content (AvgIpc) is 3.78. The van der Waals surface area contributed by atoms with Crippen molar-refractivity contribution < 1.29 is 4.42 Å². The lowest BCUT2D eigenvalue weighted by molar-refractivity contribution is 0.669. The Labute approximate surface area is 384 Å². The monoisotopic (exact) mass is 841 g/mol. The topological polar surface area (TPSA) is 16.4 Å². The summed E-state index contributed by atoms with van der Waals surface area (Å²) in [4.78, 5) is 2.41. The van der Waals surface area contributed by atoms with Crippen molar-refractivity contribution in [2.75, 3.05) is 4.90 Å². The van der Waals surface area contributed by atoms with Crippen LogP contribution < -0.4 is 4.90 Å². The first-order chi connectivity index (χ1) is 32.7. The first kappa shape index (κ1) is 38.9. The number of para-hydroxylation sites is 2. The third kappa shape index (κ3) is 7.21. The quantitative estimate of drug-likeness (QED) is 0.144. The van der Waals surface area contributed by atoms with Gasteiger partial charge in [-0.25, -0.2) is 0 Å². The molecular formula is C64H43NO. The van der Waals surface area contributed by atoms with Gasteiger partial charge in [0.25, 0.3) is 0 Å². The van der Waals surface area contributed by atoms with Crippen LogP contribution in [-0.4, -0.2) is 0 Å². The Morgan fingerprint density at radius 2 is 0.727 bits per heavy atom. The molecule has 12 aromatic rings. The number of anilines is 3. The standard InChI is InChI=1S/C64H43NO/c1-3-15-44(16-4-1)51-33-39-57(56-22-10-9-21-55(56)48-18-5-2-6-19-48)61(42-51)58-23-11-13-25-62(58)65(53-35-29-46(30-36-53)50-28-27-45-17-7-8-20-49(45)41-50)54-37-31-47(32-38-54)52-34-40-60-59-24-12-14-26-63(59)66-64(60)43-52/h1-43H. The summed E-state index contributed by atoms with van der Waals surface area (Å²) in [6.45, 7) is 0. The van der Waals surface area contributed by atoms with Gasteiger partial charge in [0.05, 0.1) is 5.69 Å². The number of rotatable bonds is 9. The van der Waals surface area contributed by atoms with Crippen LogP contribution >= 0.6 is 0 Å². The molecule has 0 aliphatic heterocycles. The van der Waals surface area contributed by atoms with Crippen LogP contribution in [0.5, 0.6) is 0 Å². The fourth-order valence-corrected chi connectivity index (χ4v) is 9.60. The number of fused-ring (bicyclic) bond motifs is 4. The Kier molecular flexibility index (Phi) is 9.89. The minimum atomic E-state index is 0.891. The van der Waals surface area contributed by atoms with Crippen molar-refractivity contribution in [2.45, 2.75) is 0 Å². The van der Waals surface area contributed by atoms with E-state index in [-0.39, 0.29) is 0 Å². The second-order valence-electron chi connectivity index (χ2n) is 16.9. The molecule has 0 fully saturated rings. The van der Waals surface area contributed by atoms with Gasteiger partial charge in [0.1, 0.15) is 11.2 Å². The van der Waals surface area contributed by atoms with Gasteiger partial charge in [-0.05, 0) is 133 Å². The second kappa shape index (κ2) is 16.8. The second-order valence-corrected chi connectivity index (χ2v) is 16.9. The Balaban J connectivity index is 1.03. The zero-order chi connectivity index (χ0) is 43.8. The van der Waals surface area contributed by atoms with Crippen molar-refractivity contribution in [2.24, 2.45) is 0 Å². The summed E-state index contributed by atoms with van der Waals surface area (Å²) >= 11 is 0. The molecule has 310 valence electrons. The molecule has 2 nitrogen and oxygen atoms in total. The Morgan fingerprint density at radius 3 is 1.47 bits per heavy atom. The molecule has 11 aromatic carbocycles. The van der Waals surface area contributed by atoms with E-state index in [1.54, 1.807) is 0 Å². The van der Waals surface area contributed by atoms with Crippen LogP contribution in [0, 0.1) is 0 Å². The third-order valence-electron chi connectivity index (χ3n) is 12.9. The lowest BCUT2D eigenvalue weighted by Crippen LogP contribution is -2.11. The summed E-state index contributed by atoms with van der Waals surface area (Å²) in [7, 11) is 0. The molecule has 0 bridgehead atoms. The molecule has 0 N–H and O–H groups in total. The molecule has 0 unspecified atom stereocenters. The summed E-state index contributed by atoms with van der Waals surface area (Å²) in [6.07, 6.45) is 0. The highest BCUT2D eigenvalue weighted by atomic mass is 16.3. The van der Waals surface area contributed by atoms with Crippen LogP contribution in [-0.2, 0) is 0 Å². The zero-order valence-corrected chi connectivity index (χ0v) is 36.2. The Bertz CT molecular complexity index is 3680. The van der Waals surface area contributed by atoms with E-state index in [1.807, 2.05) is 12.1 Å².